The van der Waals surface area contributed by atoms with Crippen LogP contribution in [0, 0.1) is 24.0 Å². The van der Waals surface area contributed by atoms with Gasteiger partial charge in [0.05, 0.1) is 17.2 Å². The van der Waals surface area contributed by atoms with Crippen molar-refractivity contribution in [2.45, 2.75) is 13.8 Å². The Balaban J connectivity index is 2.02. The average molecular weight is 357 g/mol. The van der Waals surface area contributed by atoms with E-state index >= 15 is 0 Å². The lowest BCUT2D eigenvalue weighted by Gasteiger charge is -2.11. The number of nitrogens with one attached hydrogen (secondary N) is 1. The molecule has 0 aliphatic carbocycles. The summed E-state index contributed by atoms with van der Waals surface area (Å²) in [5, 5.41) is 14.8. The lowest BCUT2D eigenvalue weighted by Crippen LogP contribution is -2.14. The van der Waals surface area contributed by atoms with Crippen molar-refractivity contribution in [2.24, 2.45) is 0 Å². The molecule has 0 saturated heterocycles. The van der Waals surface area contributed by atoms with E-state index in [1.165, 1.54) is 12.4 Å². The second-order valence-corrected chi connectivity index (χ2v) is 5.54. The molecule has 0 saturated carbocycles. The van der Waals surface area contributed by atoms with Crippen molar-refractivity contribution in [1.29, 1.82) is 0 Å². The van der Waals surface area contributed by atoms with Gasteiger partial charge in [-0.15, -0.1) is 0 Å². The number of ether oxygens (including phenoxy) is 1. The van der Waals surface area contributed by atoms with Gasteiger partial charge in [-0.2, -0.15) is 0 Å². The number of hydrogen-bond acceptors (Lipinski definition) is 6. The average Bonchev–Trinajstić information content (AvgIpc) is 2.48. The maximum absolute atomic E-state index is 11.1. The quantitative estimate of drug-likeness (QED) is 0.480. The first-order valence-electron chi connectivity index (χ1n) is 6.68. The van der Waals surface area contributed by atoms with Gasteiger partial charge in [-0.25, -0.2) is 9.97 Å². The molecule has 1 N–H and O–H groups in total. The summed E-state index contributed by atoms with van der Waals surface area (Å²) in [4.78, 5) is 18.5. The second kappa shape index (κ2) is 7.43. The fourth-order valence-corrected chi connectivity index (χ4v) is 2.37. The molecule has 0 unspecified atom stereocenters. The van der Waals surface area contributed by atoms with E-state index in [-0.39, 0.29) is 18.0 Å². The minimum atomic E-state index is -0.522. The van der Waals surface area contributed by atoms with Gasteiger partial charge in [0.2, 0.25) is 0 Å². The number of nitro groups is 1. The van der Waals surface area contributed by atoms with Gasteiger partial charge in [-0.05, 0) is 25.5 Å². The minimum absolute atomic E-state index is 0.161. The van der Waals surface area contributed by atoms with Crippen LogP contribution in [0.25, 0.3) is 0 Å². The Morgan fingerprint density at radius 3 is 2.74 bits per heavy atom. The molecule has 1 heterocycles. The number of aromatic nitrogens is 2. The van der Waals surface area contributed by atoms with E-state index < -0.39 is 4.92 Å². The topological polar surface area (TPSA) is 90.2 Å². The van der Waals surface area contributed by atoms with Crippen LogP contribution in [0.2, 0.25) is 10.0 Å². The van der Waals surface area contributed by atoms with Crippen LogP contribution in [0.5, 0.6) is 5.75 Å². The zero-order valence-electron chi connectivity index (χ0n) is 12.5. The fraction of sp³-hybridized carbons (Fsp3) is 0.286. The van der Waals surface area contributed by atoms with Crippen molar-refractivity contribution >= 4 is 34.7 Å². The summed E-state index contributed by atoms with van der Waals surface area (Å²) in [7, 11) is 0. The Bertz CT molecular complexity index is 740. The predicted octanol–water partition coefficient (Wildman–Crippen LogP) is 3.80. The molecule has 9 heteroatoms. The number of anilines is 1. The Morgan fingerprint density at radius 1 is 1.30 bits per heavy atom. The molecule has 0 spiro atoms. The highest BCUT2D eigenvalue weighted by Gasteiger charge is 2.19. The Kier molecular flexibility index (Phi) is 5.57. The third kappa shape index (κ3) is 4.20. The summed E-state index contributed by atoms with van der Waals surface area (Å²) in [5.41, 5.74) is 1.10. The molecule has 7 nitrogen and oxygen atoms in total. The summed E-state index contributed by atoms with van der Waals surface area (Å²) < 4.78 is 5.53. The molecule has 0 bridgehead atoms. The van der Waals surface area contributed by atoms with E-state index in [0.717, 1.165) is 0 Å². The largest absolute Gasteiger partial charge is 0.485 e. The molecule has 2 rings (SSSR count). The van der Waals surface area contributed by atoms with Crippen LogP contribution < -0.4 is 10.1 Å². The summed E-state index contributed by atoms with van der Waals surface area (Å²) in [6, 6.07) is 2.88. The van der Waals surface area contributed by atoms with Crippen molar-refractivity contribution in [1.82, 2.24) is 9.97 Å². The number of benzene rings is 1. The van der Waals surface area contributed by atoms with E-state index in [0.29, 0.717) is 33.7 Å². The van der Waals surface area contributed by atoms with E-state index in [9.17, 15) is 10.1 Å². The van der Waals surface area contributed by atoms with Gasteiger partial charge >= 0.3 is 5.69 Å². The van der Waals surface area contributed by atoms with Gasteiger partial charge < -0.3 is 10.1 Å². The number of aryl methyl sites for hydroxylation is 2. The predicted molar refractivity (Wildman–Crippen MR) is 88.6 cm³/mol. The van der Waals surface area contributed by atoms with Crippen LogP contribution in [-0.2, 0) is 0 Å². The molecule has 23 heavy (non-hydrogen) atoms. The number of hydrogen-bond donors (Lipinski definition) is 1. The molecule has 0 aliphatic heterocycles. The molecule has 0 fully saturated rings. The molecule has 0 radical (unpaired) electrons. The maximum atomic E-state index is 11.1. The number of nitrogens with zero attached hydrogens (tertiary/aromatic N) is 3. The molecule has 0 amide bonds. The third-order valence-electron chi connectivity index (χ3n) is 3.02. The van der Waals surface area contributed by atoms with Crippen LogP contribution in [-0.4, -0.2) is 28.0 Å². The normalized spacial score (nSPS) is 10.4. The van der Waals surface area contributed by atoms with Gasteiger partial charge in [0.1, 0.15) is 23.8 Å². The highest BCUT2D eigenvalue weighted by molar-refractivity contribution is 6.33. The molecular formula is C14H14Cl2N4O3. The molecule has 1 aromatic heterocycles. The monoisotopic (exact) mass is 356 g/mol. The minimum Gasteiger partial charge on any atom is -0.485 e. The summed E-state index contributed by atoms with van der Waals surface area (Å²) in [6.45, 7) is 4.04. The molecular weight excluding hydrogens is 343 g/mol. The van der Waals surface area contributed by atoms with Crippen LogP contribution >= 0.6 is 23.2 Å². The van der Waals surface area contributed by atoms with Crippen molar-refractivity contribution in [2.75, 3.05) is 18.5 Å². The smallest absolute Gasteiger partial charge is 0.312 e. The lowest BCUT2D eigenvalue weighted by molar-refractivity contribution is -0.385. The summed E-state index contributed by atoms with van der Waals surface area (Å²) in [5.74, 6) is 0.691. The van der Waals surface area contributed by atoms with E-state index in [1.54, 1.807) is 19.9 Å². The molecule has 0 atom stereocenters. The van der Waals surface area contributed by atoms with E-state index in [4.69, 9.17) is 27.9 Å². The third-order valence-corrected chi connectivity index (χ3v) is 3.69. The highest BCUT2D eigenvalue weighted by atomic mass is 35.5. The second-order valence-electron chi connectivity index (χ2n) is 4.72. The van der Waals surface area contributed by atoms with Crippen LogP contribution in [0.15, 0.2) is 18.5 Å². The van der Waals surface area contributed by atoms with E-state index in [2.05, 4.69) is 15.3 Å². The highest BCUT2D eigenvalue weighted by Crippen LogP contribution is 2.33. The van der Waals surface area contributed by atoms with Crippen molar-refractivity contribution in [3.8, 4) is 5.75 Å². The zero-order chi connectivity index (χ0) is 17.0. The molecule has 0 aliphatic rings. The first-order valence-corrected chi connectivity index (χ1v) is 7.44. The fourth-order valence-electron chi connectivity index (χ4n) is 1.94. The van der Waals surface area contributed by atoms with E-state index in [1.807, 2.05) is 0 Å². The number of rotatable bonds is 6. The Morgan fingerprint density at radius 2 is 2.04 bits per heavy atom. The molecule has 1 aromatic carbocycles. The van der Waals surface area contributed by atoms with Gasteiger partial charge in [-0.3, -0.25) is 10.1 Å². The van der Waals surface area contributed by atoms with Gasteiger partial charge in [0.15, 0.2) is 5.75 Å². The lowest BCUT2D eigenvalue weighted by atomic mass is 10.2. The van der Waals surface area contributed by atoms with Gasteiger partial charge in [0, 0.05) is 11.1 Å². The van der Waals surface area contributed by atoms with Crippen molar-refractivity contribution in [3.05, 3.63) is 49.9 Å². The first kappa shape index (κ1) is 17.2. The summed E-state index contributed by atoms with van der Waals surface area (Å²) >= 11 is 11.9. The maximum Gasteiger partial charge on any atom is 0.312 e. The standard InChI is InChI=1S/C14H14Cl2N4O3/c1-8-5-10(15)6-11(20(21)22)13(8)23-4-3-17-14-12(16)9(2)18-7-19-14/h5-7H,3-4H2,1-2H3,(H,17,18,19). The van der Waals surface area contributed by atoms with Crippen LogP contribution in [0.1, 0.15) is 11.3 Å². The zero-order valence-corrected chi connectivity index (χ0v) is 14.0. The van der Waals surface area contributed by atoms with Crippen molar-refractivity contribution in [3.63, 3.8) is 0 Å². The number of nitro benzene ring substituents is 1. The van der Waals surface area contributed by atoms with Crippen molar-refractivity contribution < 1.29 is 9.66 Å². The van der Waals surface area contributed by atoms with Crippen LogP contribution in [0.3, 0.4) is 0 Å². The van der Waals surface area contributed by atoms with Crippen LogP contribution in [0.4, 0.5) is 11.5 Å². The van der Waals surface area contributed by atoms with Gasteiger partial charge in [0.25, 0.3) is 0 Å². The Hall–Kier alpha value is -2.12. The Labute approximate surface area is 142 Å². The first-order chi connectivity index (χ1) is 10.9. The SMILES string of the molecule is Cc1cc(Cl)cc([N+](=O)[O-])c1OCCNc1ncnc(C)c1Cl. The summed E-state index contributed by atoms with van der Waals surface area (Å²) in [6.07, 6.45) is 1.40. The molecule has 2 aromatic rings. The number of halogens is 2. The molecule has 122 valence electrons. The van der Waals surface area contributed by atoms with Gasteiger partial charge in [-0.1, -0.05) is 23.2 Å².